The SMILES string of the molecule is CN(CCNC1CCCc2cc(O)ccc21)C(=O)OC(C)(C)C. The predicted molar refractivity (Wildman–Crippen MR) is 90.7 cm³/mol. The van der Waals surface area contributed by atoms with Crippen LogP contribution in [0.4, 0.5) is 4.79 Å². The number of likely N-dealkylation sites (N-methyl/N-ethyl adjacent to an activating group) is 1. The molecular weight excluding hydrogens is 292 g/mol. The molecule has 1 aliphatic rings. The maximum absolute atomic E-state index is 11.9. The largest absolute Gasteiger partial charge is 0.508 e. The monoisotopic (exact) mass is 320 g/mol. The van der Waals surface area contributed by atoms with Gasteiger partial charge in [0.15, 0.2) is 0 Å². The second-order valence-electron chi connectivity index (χ2n) is 7.18. The molecule has 0 bridgehead atoms. The molecule has 0 heterocycles. The average molecular weight is 320 g/mol. The number of aromatic hydroxyl groups is 1. The summed E-state index contributed by atoms with van der Waals surface area (Å²) in [6.45, 7) is 6.90. The third kappa shape index (κ3) is 5.13. The molecule has 1 atom stereocenters. The van der Waals surface area contributed by atoms with E-state index in [0.717, 1.165) is 19.3 Å². The van der Waals surface area contributed by atoms with Crippen molar-refractivity contribution < 1.29 is 14.6 Å². The van der Waals surface area contributed by atoms with Gasteiger partial charge in [0, 0.05) is 26.2 Å². The Hall–Kier alpha value is -1.75. The Kier molecular flexibility index (Phi) is 5.52. The molecule has 2 rings (SSSR count). The summed E-state index contributed by atoms with van der Waals surface area (Å²) in [4.78, 5) is 13.5. The standard InChI is InChI=1S/C18H28N2O3/c1-18(2,3)23-17(22)20(4)11-10-19-16-7-5-6-13-12-14(21)8-9-15(13)16/h8-9,12,16,19,21H,5-7,10-11H2,1-4H3. The van der Waals surface area contributed by atoms with Crippen molar-refractivity contribution in [2.45, 2.75) is 51.7 Å². The van der Waals surface area contributed by atoms with Gasteiger partial charge in [0.25, 0.3) is 0 Å². The molecule has 1 aromatic carbocycles. The summed E-state index contributed by atoms with van der Waals surface area (Å²) in [6, 6.07) is 5.88. The zero-order valence-corrected chi connectivity index (χ0v) is 14.6. The van der Waals surface area contributed by atoms with Crippen LogP contribution in [0.15, 0.2) is 18.2 Å². The Morgan fingerprint density at radius 2 is 2.17 bits per heavy atom. The molecule has 5 heteroatoms. The Labute approximate surface area is 138 Å². The number of nitrogens with zero attached hydrogens (tertiary/aromatic N) is 1. The zero-order chi connectivity index (χ0) is 17.0. The van der Waals surface area contributed by atoms with E-state index < -0.39 is 5.60 Å². The first-order valence-electron chi connectivity index (χ1n) is 8.25. The molecule has 1 amide bonds. The van der Waals surface area contributed by atoms with Crippen LogP contribution in [-0.2, 0) is 11.2 Å². The molecule has 0 aliphatic heterocycles. The second-order valence-corrected chi connectivity index (χ2v) is 7.18. The lowest BCUT2D eigenvalue weighted by molar-refractivity contribution is 0.0299. The minimum Gasteiger partial charge on any atom is -0.508 e. The van der Waals surface area contributed by atoms with Crippen LogP contribution >= 0.6 is 0 Å². The summed E-state index contributed by atoms with van der Waals surface area (Å²) >= 11 is 0. The zero-order valence-electron chi connectivity index (χ0n) is 14.6. The highest BCUT2D eigenvalue weighted by atomic mass is 16.6. The van der Waals surface area contributed by atoms with E-state index in [-0.39, 0.29) is 12.1 Å². The van der Waals surface area contributed by atoms with Crippen molar-refractivity contribution in [3.05, 3.63) is 29.3 Å². The molecule has 0 saturated heterocycles. The van der Waals surface area contributed by atoms with Crippen molar-refractivity contribution >= 4 is 6.09 Å². The molecule has 0 fully saturated rings. The minimum atomic E-state index is -0.469. The number of benzene rings is 1. The summed E-state index contributed by atoms with van der Waals surface area (Å²) in [5, 5.41) is 13.1. The van der Waals surface area contributed by atoms with Crippen LogP contribution in [0.2, 0.25) is 0 Å². The molecule has 0 radical (unpaired) electrons. The molecule has 0 spiro atoms. The number of rotatable bonds is 4. The highest BCUT2D eigenvalue weighted by Crippen LogP contribution is 2.31. The molecule has 128 valence electrons. The number of ether oxygens (including phenoxy) is 1. The van der Waals surface area contributed by atoms with Gasteiger partial charge in [-0.1, -0.05) is 6.07 Å². The smallest absolute Gasteiger partial charge is 0.410 e. The topological polar surface area (TPSA) is 61.8 Å². The molecule has 1 aromatic rings. The number of phenols is 1. The molecule has 5 nitrogen and oxygen atoms in total. The first-order valence-corrected chi connectivity index (χ1v) is 8.25. The fourth-order valence-electron chi connectivity index (χ4n) is 2.85. The number of phenolic OH excluding ortho intramolecular Hbond substituents is 1. The Morgan fingerprint density at radius 1 is 1.43 bits per heavy atom. The Bertz CT molecular complexity index is 552. The predicted octanol–water partition coefficient (Wildman–Crippen LogP) is 3.23. The van der Waals surface area contributed by atoms with E-state index in [1.165, 1.54) is 11.1 Å². The van der Waals surface area contributed by atoms with Crippen molar-refractivity contribution in [2.24, 2.45) is 0 Å². The van der Waals surface area contributed by atoms with Crippen LogP contribution in [0.5, 0.6) is 5.75 Å². The van der Waals surface area contributed by atoms with Gasteiger partial charge in [0.2, 0.25) is 0 Å². The molecule has 1 unspecified atom stereocenters. The van der Waals surface area contributed by atoms with Crippen LogP contribution < -0.4 is 5.32 Å². The van der Waals surface area contributed by atoms with E-state index in [4.69, 9.17) is 4.74 Å². The van der Waals surface area contributed by atoms with Gasteiger partial charge in [0.05, 0.1) is 0 Å². The van der Waals surface area contributed by atoms with Crippen LogP contribution in [0.3, 0.4) is 0 Å². The minimum absolute atomic E-state index is 0.284. The van der Waals surface area contributed by atoms with Gasteiger partial charge in [-0.25, -0.2) is 4.79 Å². The first-order chi connectivity index (χ1) is 10.8. The lowest BCUT2D eigenvalue weighted by Crippen LogP contribution is -2.39. The number of amides is 1. The van der Waals surface area contributed by atoms with Crippen molar-refractivity contribution in [2.75, 3.05) is 20.1 Å². The maximum atomic E-state index is 11.9. The molecular formula is C18H28N2O3. The number of hydrogen-bond donors (Lipinski definition) is 2. The maximum Gasteiger partial charge on any atom is 0.410 e. The number of nitrogens with one attached hydrogen (secondary N) is 1. The van der Waals surface area contributed by atoms with Crippen molar-refractivity contribution in [1.29, 1.82) is 0 Å². The van der Waals surface area contributed by atoms with Crippen LogP contribution in [-0.4, -0.2) is 41.8 Å². The number of hydrogen-bond acceptors (Lipinski definition) is 4. The third-order valence-electron chi connectivity index (χ3n) is 3.98. The van der Waals surface area contributed by atoms with E-state index >= 15 is 0 Å². The fraction of sp³-hybridized carbons (Fsp3) is 0.611. The van der Waals surface area contributed by atoms with Crippen LogP contribution in [0.1, 0.15) is 50.8 Å². The van der Waals surface area contributed by atoms with E-state index in [0.29, 0.717) is 18.8 Å². The van der Waals surface area contributed by atoms with Crippen LogP contribution in [0.25, 0.3) is 0 Å². The lowest BCUT2D eigenvalue weighted by atomic mass is 9.87. The van der Waals surface area contributed by atoms with Gasteiger partial charge in [-0.3, -0.25) is 0 Å². The van der Waals surface area contributed by atoms with E-state index in [1.54, 1.807) is 18.0 Å². The number of carbonyl (C=O) groups excluding carboxylic acids is 1. The molecule has 0 aromatic heterocycles. The van der Waals surface area contributed by atoms with Gasteiger partial charge in [-0.05, 0) is 63.3 Å². The molecule has 0 saturated carbocycles. The average Bonchev–Trinajstić information content (AvgIpc) is 2.45. The summed E-state index contributed by atoms with van der Waals surface area (Å²) in [7, 11) is 1.75. The summed E-state index contributed by atoms with van der Waals surface area (Å²) in [5.74, 6) is 0.328. The normalized spacial score (nSPS) is 17.5. The van der Waals surface area contributed by atoms with Gasteiger partial charge in [0.1, 0.15) is 11.4 Å². The van der Waals surface area contributed by atoms with E-state index in [2.05, 4.69) is 5.32 Å². The molecule has 1 aliphatic carbocycles. The van der Waals surface area contributed by atoms with Crippen molar-refractivity contribution in [3.63, 3.8) is 0 Å². The molecule has 2 N–H and O–H groups in total. The quantitative estimate of drug-likeness (QED) is 0.894. The number of fused-ring (bicyclic) bond motifs is 1. The second kappa shape index (κ2) is 7.21. The fourth-order valence-corrected chi connectivity index (χ4v) is 2.85. The summed E-state index contributed by atoms with van der Waals surface area (Å²) in [6.07, 6.45) is 2.90. The lowest BCUT2D eigenvalue weighted by Gasteiger charge is -2.28. The van der Waals surface area contributed by atoms with Gasteiger partial charge < -0.3 is 20.1 Å². The van der Waals surface area contributed by atoms with E-state index in [1.807, 2.05) is 32.9 Å². The Balaban J connectivity index is 1.85. The highest BCUT2D eigenvalue weighted by Gasteiger charge is 2.22. The van der Waals surface area contributed by atoms with Crippen LogP contribution in [0, 0.1) is 0 Å². The first kappa shape index (κ1) is 17.6. The van der Waals surface area contributed by atoms with Gasteiger partial charge in [-0.2, -0.15) is 0 Å². The third-order valence-corrected chi connectivity index (χ3v) is 3.98. The van der Waals surface area contributed by atoms with Gasteiger partial charge >= 0.3 is 6.09 Å². The summed E-state index contributed by atoms with van der Waals surface area (Å²) < 4.78 is 5.34. The number of aryl methyl sites for hydroxylation is 1. The van der Waals surface area contributed by atoms with Crippen molar-refractivity contribution in [3.8, 4) is 5.75 Å². The Morgan fingerprint density at radius 3 is 2.87 bits per heavy atom. The highest BCUT2D eigenvalue weighted by molar-refractivity contribution is 5.67. The number of carbonyl (C=O) groups is 1. The molecule has 23 heavy (non-hydrogen) atoms. The van der Waals surface area contributed by atoms with E-state index in [9.17, 15) is 9.90 Å². The summed E-state index contributed by atoms with van der Waals surface area (Å²) in [5.41, 5.74) is 2.01. The van der Waals surface area contributed by atoms with Crippen molar-refractivity contribution in [1.82, 2.24) is 10.2 Å². The van der Waals surface area contributed by atoms with Gasteiger partial charge in [-0.15, -0.1) is 0 Å².